The molecule has 3 aromatic rings. The number of unbranched alkanes of at least 4 members (excludes halogenated alkanes) is 1. The Morgan fingerprint density at radius 1 is 0.750 bits per heavy atom. The minimum Gasteiger partial charge on any atom is -1.00 e. The Labute approximate surface area is 204 Å². The summed E-state index contributed by atoms with van der Waals surface area (Å²) >= 11 is 0. The van der Waals surface area contributed by atoms with Gasteiger partial charge in [0.2, 0.25) is 0 Å². The molecule has 0 fully saturated rings. The van der Waals surface area contributed by atoms with Crippen LogP contribution in [0.3, 0.4) is 0 Å². The van der Waals surface area contributed by atoms with Crippen LogP contribution in [0.5, 0.6) is 0 Å². The molecule has 0 bridgehead atoms. The van der Waals surface area contributed by atoms with Crippen LogP contribution < -0.4 is 37.2 Å². The van der Waals surface area contributed by atoms with Gasteiger partial charge in [0.05, 0.1) is 0 Å². The molecular formula is C24H27Cl3Ti. The van der Waals surface area contributed by atoms with Crippen LogP contribution in [-0.2, 0) is 27.1 Å². The molecule has 3 aromatic carbocycles. The van der Waals surface area contributed by atoms with E-state index in [2.05, 4.69) is 93.6 Å². The molecule has 0 N–H and O–H groups in total. The summed E-state index contributed by atoms with van der Waals surface area (Å²) in [4.78, 5) is 0. The molecule has 0 aliphatic rings. The van der Waals surface area contributed by atoms with Gasteiger partial charge in [-0.3, -0.25) is 0 Å². The molecule has 0 atom stereocenters. The molecule has 0 aliphatic carbocycles. The maximum absolute atomic E-state index is 2.35. The minimum atomic E-state index is -0.0587. The van der Waals surface area contributed by atoms with Gasteiger partial charge in [0, 0.05) is 5.41 Å². The summed E-state index contributed by atoms with van der Waals surface area (Å²) < 4.78 is 0. The van der Waals surface area contributed by atoms with Gasteiger partial charge in [0.25, 0.3) is 0 Å². The third kappa shape index (κ3) is 5.71. The molecule has 0 unspecified atom stereocenters. The van der Waals surface area contributed by atoms with E-state index in [1.54, 1.807) is 0 Å². The van der Waals surface area contributed by atoms with Gasteiger partial charge in [0.1, 0.15) is 0 Å². The zero-order valence-corrected chi connectivity index (χ0v) is 20.5. The predicted molar refractivity (Wildman–Crippen MR) is 104 cm³/mol. The summed E-state index contributed by atoms with van der Waals surface area (Å²) in [5.74, 6) is 0. The third-order valence-electron chi connectivity index (χ3n) is 5.39. The molecule has 4 heteroatoms. The van der Waals surface area contributed by atoms with Gasteiger partial charge in [-0.05, 0) is 17.5 Å². The molecule has 0 nitrogen and oxygen atoms in total. The zero-order valence-electron chi connectivity index (χ0n) is 16.7. The molecule has 0 spiro atoms. The van der Waals surface area contributed by atoms with Crippen molar-refractivity contribution in [3.8, 4) is 0 Å². The normalized spacial score (nSPS) is 9.96. The van der Waals surface area contributed by atoms with Crippen LogP contribution in [0.15, 0.2) is 72.8 Å². The fourth-order valence-corrected chi connectivity index (χ4v) is 3.92. The molecule has 0 aromatic heterocycles. The average molecular weight is 470 g/mol. The number of hydrogen-bond donors (Lipinski definition) is 0. The number of hydrogen-bond acceptors (Lipinski definition) is 0. The fourth-order valence-electron chi connectivity index (χ4n) is 3.92. The monoisotopic (exact) mass is 468 g/mol. The Kier molecular flexibility index (Phi) is 14.3. The minimum absolute atomic E-state index is 0. The van der Waals surface area contributed by atoms with Gasteiger partial charge in [-0.25, -0.2) is 6.07 Å². The van der Waals surface area contributed by atoms with Crippen LogP contribution >= 0.6 is 0 Å². The second-order valence-corrected chi connectivity index (χ2v) is 6.80. The summed E-state index contributed by atoms with van der Waals surface area (Å²) in [6.45, 7) is 6.78. The zero-order chi connectivity index (χ0) is 17.0. The van der Waals surface area contributed by atoms with Crippen molar-refractivity contribution in [1.29, 1.82) is 0 Å². The van der Waals surface area contributed by atoms with Crippen LogP contribution in [-0.4, -0.2) is 0 Å². The van der Waals surface area contributed by atoms with E-state index in [0.29, 0.717) is 0 Å². The number of rotatable bonds is 6. The number of benzene rings is 2. The number of halogens is 3. The first-order valence-corrected chi connectivity index (χ1v) is 9.04. The smallest absolute Gasteiger partial charge is 1.00 e. The van der Waals surface area contributed by atoms with E-state index < -0.39 is 0 Å². The third-order valence-corrected chi connectivity index (χ3v) is 5.39. The molecule has 0 amide bonds. The molecule has 0 radical (unpaired) electrons. The molecule has 0 aliphatic heterocycles. The van der Waals surface area contributed by atoms with Crippen LogP contribution in [0.2, 0.25) is 0 Å². The van der Waals surface area contributed by atoms with Gasteiger partial charge < -0.3 is 37.2 Å². The predicted octanol–water partition coefficient (Wildman–Crippen LogP) is -2.44. The van der Waals surface area contributed by atoms with E-state index in [4.69, 9.17) is 0 Å². The van der Waals surface area contributed by atoms with E-state index in [0.717, 1.165) is 6.42 Å². The van der Waals surface area contributed by atoms with Crippen molar-refractivity contribution in [2.24, 2.45) is 0 Å². The Balaban J connectivity index is 0. The van der Waals surface area contributed by atoms with E-state index in [-0.39, 0.29) is 64.4 Å². The van der Waals surface area contributed by atoms with Gasteiger partial charge in [-0.1, -0.05) is 94.3 Å². The second kappa shape index (κ2) is 13.6. The van der Waals surface area contributed by atoms with Crippen molar-refractivity contribution in [1.82, 2.24) is 0 Å². The maximum atomic E-state index is 2.35. The molecule has 0 saturated carbocycles. The van der Waals surface area contributed by atoms with Crippen molar-refractivity contribution < 1.29 is 58.9 Å². The first-order chi connectivity index (χ1) is 11.7. The van der Waals surface area contributed by atoms with Gasteiger partial charge in [-0.2, -0.15) is 17.2 Å². The molecule has 0 saturated heterocycles. The largest absolute Gasteiger partial charge is 4.00 e. The van der Waals surface area contributed by atoms with Gasteiger partial charge in [-0.15, -0.1) is 5.56 Å². The van der Waals surface area contributed by atoms with Crippen LogP contribution in [0.1, 0.15) is 54.0 Å². The van der Waals surface area contributed by atoms with E-state index >= 15 is 0 Å². The van der Waals surface area contributed by atoms with Crippen LogP contribution in [0.4, 0.5) is 0 Å². The molecule has 148 valence electrons. The van der Waals surface area contributed by atoms with Crippen molar-refractivity contribution in [3.05, 3.63) is 101 Å². The summed E-state index contributed by atoms with van der Waals surface area (Å²) in [6.07, 6.45) is 3.56. The topological polar surface area (TPSA) is 0 Å². The van der Waals surface area contributed by atoms with Crippen molar-refractivity contribution in [2.45, 2.75) is 45.4 Å². The summed E-state index contributed by atoms with van der Waals surface area (Å²) in [6, 6.07) is 26.7. The van der Waals surface area contributed by atoms with Crippen molar-refractivity contribution >= 4 is 0 Å². The van der Waals surface area contributed by atoms with Gasteiger partial charge in [0.15, 0.2) is 0 Å². The maximum Gasteiger partial charge on any atom is 4.00 e. The fraction of sp³-hybridized carbons (Fsp3) is 0.292. The van der Waals surface area contributed by atoms with Crippen LogP contribution in [0.25, 0.3) is 0 Å². The van der Waals surface area contributed by atoms with Crippen molar-refractivity contribution in [3.63, 3.8) is 0 Å². The average Bonchev–Trinajstić information content (AvgIpc) is 2.97. The summed E-state index contributed by atoms with van der Waals surface area (Å²) in [5, 5.41) is 0. The molecule has 3 rings (SSSR count). The Bertz CT molecular complexity index is 743. The Morgan fingerprint density at radius 3 is 1.57 bits per heavy atom. The summed E-state index contributed by atoms with van der Waals surface area (Å²) in [5.41, 5.74) is 7.02. The number of aryl methyl sites for hydroxylation is 1. The molecule has 28 heavy (non-hydrogen) atoms. The van der Waals surface area contributed by atoms with Crippen molar-refractivity contribution in [2.75, 3.05) is 0 Å². The standard InChI is InChI=1S/C24H27.3ClH.Ti/c1-4-5-18-24(21-12-8-6-9-13-21,22-14-10-7-11-15-22)23-17-16-19(2)20(23)3;;;;/h6-17H,4-5,18H2,1-3H3;3*1H;/q-1;;;;+4/p-3. The Morgan fingerprint density at radius 2 is 1.21 bits per heavy atom. The molecular weight excluding hydrogens is 442 g/mol. The SMILES string of the molecule is CCCCC(c1ccccc1)(c1ccccc1)[c-]1ccc(C)c1C.[Cl-].[Cl-].[Cl-].[Ti+4]. The quantitative estimate of drug-likeness (QED) is 0.278. The van der Waals surface area contributed by atoms with E-state index in [9.17, 15) is 0 Å². The molecule has 0 heterocycles. The second-order valence-electron chi connectivity index (χ2n) is 6.80. The summed E-state index contributed by atoms with van der Waals surface area (Å²) in [7, 11) is 0. The van der Waals surface area contributed by atoms with E-state index in [1.165, 1.54) is 40.7 Å². The van der Waals surface area contributed by atoms with Crippen LogP contribution in [0, 0.1) is 13.8 Å². The van der Waals surface area contributed by atoms with Gasteiger partial charge >= 0.3 is 21.7 Å². The van der Waals surface area contributed by atoms with E-state index in [1.807, 2.05) is 0 Å². The Hall–Kier alpha value is -0.626. The first kappa shape index (κ1) is 29.6. The first-order valence-electron chi connectivity index (χ1n) is 9.04.